The zero-order valence-electron chi connectivity index (χ0n) is 14.9. The number of rotatable bonds is 3. The molecule has 0 aliphatic carbocycles. The second kappa shape index (κ2) is 7.68. The lowest BCUT2D eigenvalue weighted by Crippen LogP contribution is -2.49. The molecule has 27 heavy (non-hydrogen) atoms. The van der Waals surface area contributed by atoms with E-state index in [2.05, 4.69) is 19.8 Å². The van der Waals surface area contributed by atoms with Gasteiger partial charge in [0.1, 0.15) is 23.8 Å². The number of anilines is 2. The number of amides is 1. The predicted molar refractivity (Wildman–Crippen MR) is 103 cm³/mol. The first-order valence-electron chi connectivity index (χ1n) is 9.19. The first-order chi connectivity index (χ1) is 13.1. The third kappa shape index (κ3) is 3.69. The molecule has 2 saturated heterocycles. The van der Waals surface area contributed by atoms with E-state index in [0.29, 0.717) is 26.2 Å². The SMILES string of the molecule is O=C(c1c(F)cccc1Cl)N1CCN(c2cc(N3CCCC3)ncn2)CC1. The number of hydrogen-bond donors (Lipinski definition) is 0. The van der Waals surface area contributed by atoms with Gasteiger partial charge in [0.15, 0.2) is 0 Å². The van der Waals surface area contributed by atoms with Gasteiger partial charge in [0, 0.05) is 45.3 Å². The van der Waals surface area contributed by atoms with E-state index in [9.17, 15) is 9.18 Å². The molecule has 1 aromatic heterocycles. The Labute approximate surface area is 162 Å². The molecule has 2 aromatic rings. The van der Waals surface area contributed by atoms with Crippen LogP contribution in [0.15, 0.2) is 30.6 Å². The summed E-state index contributed by atoms with van der Waals surface area (Å²) in [6.45, 7) is 4.31. The highest BCUT2D eigenvalue weighted by atomic mass is 35.5. The fraction of sp³-hybridized carbons (Fsp3) is 0.421. The molecule has 1 aromatic carbocycles. The molecule has 0 radical (unpaired) electrons. The lowest BCUT2D eigenvalue weighted by molar-refractivity contribution is 0.0742. The molecule has 0 unspecified atom stereocenters. The Hall–Kier alpha value is -2.41. The van der Waals surface area contributed by atoms with E-state index in [1.807, 2.05) is 6.07 Å². The molecule has 2 aliphatic heterocycles. The first-order valence-corrected chi connectivity index (χ1v) is 9.56. The van der Waals surface area contributed by atoms with Gasteiger partial charge >= 0.3 is 0 Å². The maximum Gasteiger partial charge on any atom is 0.258 e. The van der Waals surface area contributed by atoms with Gasteiger partial charge < -0.3 is 14.7 Å². The molecule has 4 rings (SSSR count). The highest BCUT2D eigenvalue weighted by Crippen LogP contribution is 2.24. The van der Waals surface area contributed by atoms with Crippen LogP contribution in [0.4, 0.5) is 16.0 Å². The number of aromatic nitrogens is 2. The van der Waals surface area contributed by atoms with Gasteiger partial charge in [-0.15, -0.1) is 0 Å². The molecule has 3 heterocycles. The minimum atomic E-state index is -0.582. The van der Waals surface area contributed by atoms with Crippen LogP contribution in [0.25, 0.3) is 0 Å². The van der Waals surface area contributed by atoms with Crippen LogP contribution >= 0.6 is 11.6 Å². The summed E-state index contributed by atoms with van der Waals surface area (Å²) in [6, 6.07) is 6.31. The van der Waals surface area contributed by atoms with Gasteiger partial charge in [0.25, 0.3) is 5.91 Å². The number of carbonyl (C=O) groups excluding carboxylic acids is 1. The summed E-state index contributed by atoms with van der Waals surface area (Å²) in [5, 5.41) is 0.147. The summed E-state index contributed by atoms with van der Waals surface area (Å²) in [5.74, 6) is 0.872. The molecule has 0 bridgehead atoms. The van der Waals surface area contributed by atoms with Gasteiger partial charge in [-0.1, -0.05) is 17.7 Å². The zero-order chi connectivity index (χ0) is 18.8. The topological polar surface area (TPSA) is 52.6 Å². The predicted octanol–water partition coefficient (Wildman–Crippen LogP) is 2.83. The fourth-order valence-electron chi connectivity index (χ4n) is 3.63. The van der Waals surface area contributed by atoms with Gasteiger partial charge in [0.05, 0.1) is 10.6 Å². The van der Waals surface area contributed by atoms with Crippen molar-refractivity contribution in [1.29, 1.82) is 0 Å². The molecule has 142 valence electrons. The van der Waals surface area contributed by atoms with Gasteiger partial charge in [-0.05, 0) is 25.0 Å². The first kappa shape index (κ1) is 18.0. The Bertz CT molecular complexity index is 814. The van der Waals surface area contributed by atoms with Gasteiger partial charge in [-0.2, -0.15) is 0 Å². The largest absolute Gasteiger partial charge is 0.356 e. The zero-order valence-corrected chi connectivity index (χ0v) is 15.7. The molecular formula is C19H21ClFN5O. The standard InChI is InChI=1S/C19H21ClFN5O/c20-14-4-3-5-15(21)18(14)19(27)26-10-8-25(9-11-26)17-12-16(22-13-23-17)24-6-1-2-7-24/h3-5,12-13H,1-2,6-11H2. The molecular weight excluding hydrogens is 369 g/mol. The van der Waals surface area contributed by atoms with Crippen LogP contribution in [-0.2, 0) is 0 Å². The van der Waals surface area contributed by atoms with E-state index >= 15 is 0 Å². The highest BCUT2D eigenvalue weighted by molar-refractivity contribution is 6.33. The third-order valence-corrected chi connectivity index (χ3v) is 5.45. The smallest absolute Gasteiger partial charge is 0.258 e. The van der Waals surface area contributed by atoms with E-state index in [-0.39, 0.29) is 16.5 Å². The van der Waals surface area contributed by atoms with Crippen LogP contribution in [0.5, 0.6) is 0 Å². The summed E-state index contributed by atoms with van der Waals surface area (Å²) in [4.78, 5) is 27.5. The Morgan fingerprint density at radius 2 is 1.59 bits per heavy atom. The lowest BCUT2D eigenvalue weighted by Gasteiger charge is -2.35. The Morgan fingerprint density at radius 3 is 2.22 bits per heavy atom. The van der Waals surface area contributed by atoms with Crippen molar-refractivity contribution < 1.29 is 9.18 Å². The van der Waals surface area contributed by atoms with Crippen molar-refractivity contribution in [2.75, 3.05) is 49.1 Å². The minimum absolute atomic E-state index is 0.0500. The second-order valence-corrected chi connectivity index (χ2v) is 7.21. The van der Waals surface area contributed by atoms with Gasteiger partial charge in [-0.3, -0.25) is 4.79 Å². The molecule has 0 saturated carbocycles. The highest BCUT2D eigenvalue weighted by Gasteiger charge is 2.26. The molecule has 1 amide bonds. The average molecular weight is 390 g/mol. The van der Waals surface area contributed by atoms with Gasteiger partial charge in [-0.25, -0.2) is 14.4 Å². The van der Waals surface area contributed by atoms with Crippen LogP contribution in [0.1, 0.15) is 23.2 Å². The van der Waals surface area contributed by atoms with Crippen molar-refractivity contribution in [2.24, 2.45) is 0 Å². The van der Waals surface area contributed by atoms with Gasteiger partial charge in [0.2, 0.25) is 0 Å². The van der Waals surface area contributed by atoms with E-state index in [4.69, 9.17) is 11.6 Å². The van der Waals surface area contributed by atoms with E-state index in [1.165, 1.54) is 31.0 Å². The van der Waals surface area contributed by atoms with Crippen molar-refractivity contribution >= 4 is 29.1 Å². The molecule has 6 nitrogen and oxygen atoms in total. The van der Waals surface area contributed by atoms with Crippen LogP contribution < -0.4 is 9.80 Å². The maximum atomic E-state index is 14.0. The van der Waals surface area contributed by atoms with Crippen molar-refractivity contribution in [3.05, 3.63) is 47.0 Å². The number of halogens is 2. The van der Waals surface area contributed by atoms with Crippen molar-refractivity contribution in [3.63, 3.8) is 0 Å². The summed E-state index contributed by atoms with van der Waals surface area (Å²) in [6.07, 6.45) is 3.98. The molecule has 0 atom stereocenters. The third-order valence-electron chi connectivity index (χ3n) is 5.14. The quantitative estimate of drug-likeness (QED) is 0.808. The number of carbonyl (C=O) groups is 1. The Morgan fingerprint density at radius 1 is 0.963 bits per heavy atom. The molecule has 2 aliphatic rings. The van der Waals surface area contributed by atoms with E-state index in [1.54, 1.807) is 11.2 Å². The Kier molecular flexibility index (Phi) is 5.11. The summed E-state index contributed by atoms with van der Waals surface area (Å²) in [5.41, 5.74) is -0.0500. The van der Waals surface area contributed by atoms with E-state index < -0.39 is 5.82 Å². The number of benzene rings is 1. The van der Waals surface area contributed by atoms with Crippen LogP contribution in [-0.4, -0.2) is 60.0 Å². The van der Waals surface area contributed by atoms with Crippen LogP contribution in [0.2, 0.25) is 5.02 Å². The molecule has 8 heteroatoms. The summed E-state index contributed by atoms with van der Waals surface area (Å²) < 4.78 is 14.0. The van der Waals surface area contributed by atoms with Crippen molar-refractivity contribution in [3.8, 4) is 0 Å². The minimum Gasteiger partial charge on any atom is -0.356 e. The monoisotopic (exact) mass is 389 g/mol. The molecule has 0 spiro atoms. The van der Waals surface area contributed by atoms with E-state index in [0.717, 1.165) is 24.7 Å². The lowest BCUT2D eigenvalue weighted by atomic mass is 10.1. The normalized spacial score (nSPS) is 17.5. The summed E-state index contributed by atoms with van der Waals surface area (Å²) >= 11 is 6.03. The number of hydrogen-bond acceptors (Lipinski definition) is 5. The summed E-state index contributed by atoms with van der Waals surface area (Å²) in [7, 11) is 0. The van der Waals surface area contributed by atoms with Crippen molar-refractivity contribution in [1.82, 2.24) is 14.9 Å². The maximum absolute atomic E-state index is 14.0. The number of nitrogens with zero attached hydrogens (tertiary/aromatic N) is 5. The van der Waals surface area contributed by atoms with Crippen LogP contribution in [0, 0.1) is 5.82 Å². The average Bonchev–Trinajstić information content (AvgIpc) is 3.23. The molecule has 0 N–H and O–H groups in total. The number of piperazine rings is 1. The fourth-order valence-corrected chi connectivity index (χ4v) is 3.87. The van der Waals surface area contributed by atoms with Crippen LogP contribution in [0.3, 0.4) is 0 Å². The Balaban J connectivity index is 1.43. The van der Waals surface area contributed by atoms with Crippen molar-refractivity contribution in [2.45, 2.75) is 12.8 Å². The second-order valence-electron chi connectivity index (χ2n) is 6.80. The molecule has 2 fully saturated rings.